The van der Waals surface area contributed by atoms with Crippen molar-refractivity contribution in [3.05, 3.63) is 57.3 Å². The van der Waals surface area contributed by atoms with Crippen LogP contribution < -0.4 is 5.32 Å². The molecule has 2 aromatic carbocycles. The normalized spacial score (nSPS) is 14.6. The van der Waals surface area contributed by atoms with Crippen LogP contribution >= 0.6 is 46.6 Å². The molecule has 0 spiro atoms. The number of hydrogen-bond donors (Lipinski definition) is 1. The highest BCUT2D eigenvalue weighted by Gasteiger charge is 2.32. The third kappa shape index (κ3) is 4.44. The first kappa shape index (κ1) is 21.4. The molecule has 5 nitrogen and oxygen atoms in total. The van der Waals surface area contributed by atoms with Crippen molar-refractivity contribution in [2.24, 2.45) is 0 Å². The van der Waals surface area contributed by atoms with E-state index in [1.165, 1.54) is 30.0 Å². The topological polar surface area (TPSA) is 59.8 Å². The largest absolute Gasteiger partial charge is 0.324 e. The van der Waals surface area contributed by atoms with Gasteiger partial charge in [-0.1, -0.05) is 58.7 Å². The van der Waals surface area contributed by atoms with E-state index in [-0.39, 0.29) is 22.8 Å². The van der Waals surface area contributed by atoms with Crippen LogP contribution in [-0.2, 0) is 4.79 Å². The predicted octanol–water partition coefficient (Wildman–Crippen LogP) is 6.50. The van der Waals surface area contributed by atoms with E-state index in [1.807, 2.05) is 4.57 Å². The SMILES string of the molecule is CC(Sc1nnc(-c2ccccc2F)n1C1CC1)C(=O)Nc1cc(Cl)c(Cl)cc1Cl. The van der Waals surface area contributed by atoms with Crippen molar-refractivity contribution < 1.29 is 9.18 Å². The number of rotatable bonds is 6. The number of hydrogen-bond acceptors (Lipinski definition) is 4. The fraction of sp³-hybridized carbons (Fsp3) is 0.250. The van der Waals surface area contributed by atoms with Gasteiger partial charge in [0, 0.05) is 6.04 Å². The molecule has 1 fully saturated rings. The summed E-state index contributed by atoms with van der Waals surface area (Å²) in [6, 6.07) is 9.65. The van der Waals surface area contributed by atoms with Gasteiger partial charge in [-0.05, 0) is 44.0 Å². The lowest BCUT2D eigenvalue weighted by Gasteiger charge is -2.14. The molecule has 1 amide bonds. The maximum Gasteiger partial charge on any atom is 0.237 e. The Hall–Kier alpha value is -1.80. The predicted molar refractivity (Wildman–Crippen MR) is 119 cm³/mol. The van der Waals surface area contributed by atoms with Gasteiger partial charge in [0.25, 0.3) is 0 Å². The molecule has 1 unspecified atom stereocenters. The molecule has 1 aliphatic rings. The van der Waals surface area contributed by atoms with Crippen molar-refractivity contribution >= 4 is 58.2 Å². The summed E-state index contributed by atoms with van der Waals surface area (Å²) in [6.45, 7) is 1.75. The third-order valence-corrected chi connectivity index (χ3v) is 6.70. The summed E-state index contributed by atoms with van der Waals surface area (Å²) in [5, 5.41) is 12.1. The Balaban J connectivity index is 1.55. The molecular formula is C20H16Cl3FN4OS. The van der Waals surface area contributed by atoms with Crippen molar-refractivity contribution in [1.82, 2.24) is 14.8 Å². The summed E-state index contributed by atoms with van der Waals surface area (Å²) in [5.41, 5.74) is 0.766. The van der Waals surface area contributed by atoms with Gasteiger partial charge in [0.2, 0.25) is 5.91 Å². The molecule has 1 atom stereocenters. The quantitative estimate of drug-likeness (QED) is 0.320. The van der Waals surface area contributed by atoms with E-state index in [1.54, 1.807) is 25.1 Å². The van der Waals surface area contributed by atoms with Crippen LogP contribution in [0.3, 0.4) is 0 Å². The second-order valence-electron chi connectivity index (χ2n) is 6.88. The lowest BCUT2D eigenvalue weighted by molar-refractivity contribution is -0.115. The lowest BCUT2D eigenvalue weighted by atomic mass is 10.2. The van der Waals surface area contributed by atoms with Crippen molar-refractivity contribution in [3.63, 3.8) is 0 Å². The zero-order valence-corrected chi connectivity index (χ0v) is 18.8. The van der Waals surface area contributed by atoms with E-state index in [0.29, 0.717) is 32.3 Å². The lowest BCUT2D eigenvalue weighted by Crippen LogP contribution is -2.23. The number of nitrogens with zero attached hydrogens (tertiary/aromatic N) is 3. The first-order valence-electron chi connectivity index (χ1n) is 9.17. The zero-order valence-electron chi connectivity index (χ0n) is 15.7. The summed E-state index contributed by atoms with van der Waals surface area (Å²) >= 11 is 19.3. The molecule has 156 valence electrons. The van der Waals surface area contributed by atoms with Crippen molar-refractivity contribution in [2.45, 2.75) is 36.2 Å². The van der Waals surface area contributed by atoms with Crippen LogP contribution in [0, 0.1) is 5.82 Å². The molecule has 1 N–H and O–H groups in total. The molecule has 1 heterocycles. The Kier molecular flexibility index (Phi) is 6.25. The highest BCUT2D eigenvalue weighted by Crippen LogP contribution is 2.42. The van der Waals surface area contributed by atoms with E-state index < -0.39 is 5.25 Å². The molecule has 1 aliphatic carbocycles. The number of carbonyl (C=O) groups excluding carboxylic acids is 1. The molecule has 3 aromatic rings. The highest BCUT2D eigenvalue weighted by molar-refractivity contribution is 8.00. The van der Waals surface area contributed by atoms with Gasteiger partial charge < -0.3 is 5.32 Å². The molecule has 4 rings (SSSR count). The van der Waals surface area contributed by atoms with Crippen molar-refractivity contribution in [2.75, 3.05) is 5.32 Å². The first-order valence-corrected chi connectivity index (χ1v) is 11.2. The Labute approximate surface area is 191 Å². The molecule has 1 aromatic heterocycles. The van der Waals surface area contributed by atoms with Gasteiger partial charge in [0.1, 0.15) is 5.82 Å². The van der Waals surface area contributed by atoms with E-state index in [2.05, 4.69) is 15.5 Å². The van der Waals surface area contributed by atoms with Gasteiger partial charge in [0.15, 0.2) is 11.0 Å². The summed E-state index contributed by atoms with van der Waals surface area (Å²) in [6.07, 6.45) is 1.93. The van der Waals surface area contributed by atoms with Gasteiger partial charge in [-0.3, -0.25) is 9.36 Å². The number of carbonyl (C=O) groups is 1. The molecule has 0 radical (unpaired) electrons. The monoisotopic (exact) mass is 484 g/mol. The van der Waals surface area contributed by atoms with Crippen LogP contribution in [0.15, 0.2) is 41.6 Å². The van der Waals surface area contributed by atoms with Gasteiger partial charge in [-0.2, -0.15) is 0 Å². The van der Waals surface area contributed by atoms with Gasteiger partial charge in [0.05, 0.1) is 31.6 Å². The minimum absolute atomic E-state index is 0.205. The average Bonchev–Trinajstić information content (AvgIpc) is 3.47. The fourth-order valence-electron chi connectivity index (χ4n) is 2.91. The van der Waals surface area contributed by atoms with E-state index >= 15 is 0 Å². The molecular weight excluding hydrogens is 470 g/mol. The standard InChI is InChI=1S/C20H16Cl3FN4OS/c1-10(19(29)25-17-9-14(22)13(21)8-15(17)23)30-20-27-26-18(28(20)11-6-7-11)12-4-2-3-5-16(12)24/h2-5,8-11H,6-7H2,1H3,(H,25,29). The molecule has 0 bridgehead atoms. The van der Waals surface area contributed by atoms with Crippen molar-refractivity contribution in [3.8, 4) is 11.4 Å². The summed E-state index contributed by atoms with van der Waals surface area (Å²) < 4.78 is 16.2. The Bertz CT molecular complexity index is 1120. The van der Waals surface area contributed by atoms with Gasteiger partial charge in [-0.15, -0.1) is 10.2 Å². The van der Waals surface area contributed by atoms with Crippen LogP contribution in [0.5, 0.6) is 0 Å². The Morgan fingerprint density at radius 3 is 2.57 bits per heavy atom. The number of anilines is 1. The van der Waals surface area contributed by atoms with Crippen molar-refractivity contribution in [1.29, 1.82) is 0 Å². The number of amides is 1. The minimum atomic E-state index is -0.509. The molecule has 0 aliphatic heterocycles. The Morgan fingerprint density at radius 2 is 1.87 bits per heavy atom. The number of aromatic nitrogens is 3. The number of halogens is 4. The van der Waals surface area contributed by atoms with Crippen LogP contribution in [0.2, 0.25) is 15.1 Å². The van der Waals surface area contributed by atoms with Gasteiger partial charge >= 0.3 is 0 Å². The van der Waals surface area contributed by atoms with Crippen LogP contribution in [0.25, 0.3) is 11.4 Å². The molecule has 30 heavy (non-hydrogen) atoms. The van der Waals surface area contributed by atoms with E-state index in [9.17, 15) is 9.18 Å². The number of thioether (sulfide) groups is 1. The average molecular weight is 486 g/mol. The molecule has 1 saturated carbocycles. The minimum Gasteiger partial charge on any atom is -0.324 e. The third-order valence-electron chi connectivity index (χ3n) is 4.61. The Morgan fingerprint density at radius 1 is 1.17 bits per heavy atom. The maximum absolute atomic E-state index is 14.3. The summed E-state index contributed by atoms with van der Waals surface area (Å²) in [4.78, 5) is 12.7. The zero-order chi connectivity index (χ0) is 21.4. The molecule has 10 heteroatoms. The number of nitrogens with one attached hydrogen (secondary N) is 1. The van der Waals surface area contributed by atoms with Crippen LogP contribution in [-0.4, -0.2) is 25.9 Å². The number of benzene rings is 2. The fourth-order valence-corrected chi connectivity index (χ4v) is 4.42. The maximum atomic E-state index is 14.3. The van der Waals surface area contributed by atoms with E-state index in [0.717, 1.165) is 12.8 Å². The summed E-state index contributed by atoms with van der Waals surface area (Å²) in [7, 11) is 0. The van der Waals surface area contributed by atoms with Crippen LogP contribution in [0.4, 0.5) is 10.1 Å². The van der Waals surface area contributed by atoms with E-state index in [4.69, 9.17) is 34.8 Å². The highest BCUT2D eigenvalue weighted by atomic mass is 35.5. The smallest absolute Gasteiger partial charge is 0.237 e. The first-order chi connectivity index (χ1) is 14.3. The van der Waals surface area contributed by atoms with Gasteiger partial charge in [-0.25, -0.2) is 4.39 Å². The van der Waals surface area contributed by atoms with Crippen LogP contribution in [0.1, 0.15) is 25.8 Å². The molecule has 0 saturated heterocycles. The second-order valence-corrected chi connectivity index (χ2v) is 9.41. The summed E-state index contributed by atoms with van der Waals surface area (Å²) in [5.74, 6) is -0.167. The second kappa shape index (κ2) is 8.75.